The molecule has 1 aromatic carbocycles. The first-order valence-corrected chi connectivity index (χ1v) is 10.7. The summed E-state index contributed by atoms with van der Waals surface area (Å²) in [4.78, 5) is 17.9. The van der Waals surface area contributed by atoms with Crippen LogP contribution in [0.15, 0.2) is 42.6 Å². The van der Waals surface area contributed by atoms with E-state index in [2.05, 4.69) is 10.3 Å². The number of rotatable bonds is 6. The second-order valence-corrected chi connectivity index (χ2v) is 8.47. The van der Waals surface area contributed by atoms with Crippen molar-refractivity contribution in [3.63, 3.8) is 0 Å². The largest absolute Gasteiger partial charge is 0.487 e. The van der Waals surface area contributed by atoms with Crippen molar-refractivity contribution < 1.29 is 19.4 Å². The van der Waals surface area contributed by atoms with Gasteiger partial charge in [-0.15, -0.1) is 0 Å². The predicted molar refractivity (Wildman–Crippen MR) is 118 cm³/mol. The molecule has 2 bridgehead atoms. The highest BCUT2D eigenvalue weighted by Gasteiger charge is 2.48. The topological polar surface area (TPSA) is 83.9 Å². The summed E-state index contributed by atoms with van der Waals surface area (Å²) in [5.41, 5.74) is 1.12. The Bertz CT molecular complexity index is 976. The van der Waals surface area contributed by atoms with Gasteiger partial charge in [0.1, 0.15) is 13.2 Å². The number of ether oxygens (including phenoxy) is 2. The number of nitrogens with zero attached hydrogens (tertiary/aromatic N) is 2. The minimum atomic E-state index is -0.929. The Labute approximate surface area is 190 Å². The highest BCUT2D eigenvalue weighted by atomic mass is 35.5. The average Bonchev–Trinajstić information content (AvgIpc) is 2.72. The van der Waals surface area contributed by atoms with Crippen molar-refractivity contribution >= 4 is 29.3 Å². The number of hydrogen-bond acceptors (Lipinski definition) is 5. The lowest BCUT2D eigenvalue weighted by Gasteiger charge is -2.51. The van der Waals surface area contributed by atoms with Crippen LogP contribution in [-0.4, -0.2) is 53.4 Å². The summed E-state index contributed by atoms with van der Waals surface area (Å²) in [6.45, 7) is 3.55. The van der Waals surface area contributed by atoms with Crippen molar-refractivity contribution in [1.29, 1.82) is 0 Å². The molecule has 0 saturated carbocycles. The maximum Gasteiger partial charge on any atom is 0.408 e. The van der Waals surface area contributed by atoms with E-state index in [0.717, 1.165) is 11.1 Å². The molecule has 2 aliphatic heterocycles. The third kappa shape index (κ3) is 4.31. The normalized spacial score (nSPS) is 22.3. The minimum Gasteiger partial charge on any atom is -0.487 e. The molecule has 3 heterocycles. The van der Waals surface area contributed by atoms with E-state index in [9.17, 15) is 9.90 Å². The maximum absolute atomic E-state index is 12.0. The van der Waals surface area contributed by atoms with Gasteiger partial charge in [-0.25, -0.2) is 9.78 Å². The smallest absolute Gasteiger partial charge is 0.408 e. The van der Waals surface area contributed by atoms with Crippen LogP contribution in [0.5, 0.6) is 11.6 Å². The lowest BCUT2D eigenvalue weighted by Crippen LogP contribution is -2.65. The lowest BCUT2D eigenvalue weighted by atomic mass is 9.79. The van der Waals surface area contributed by atoms with Gasteiger partial charge in [-0.1, -0.05) is 35.4 Å². The molecule has 2 unspecified atom stereocenters. The van der Waals surface area contributed by atoms with Crippen LogP contribution < -0.4 is 14.8 Å². The number of carboxylic acid groups (broad SMARTS) is 1. The van der Waals surface area contributed by atoms with E-state index in [1.807, 2.05) is 25.1 Å². The summed E-state index contributed by atoms with van der Waals surface area (Å²) in [7, 11) is 0. The highest BCUT2D eigenvalue weighted by molar-refractivity contribution is 6.37. The third-order valence-electron chi connectivity index (χ3n) is 5.58. The van der Waals surface area contributed by atoms with Crippen LogP contribution in [0.4, 0.5) is 4.79 Å². The van der Waals surface area contributed by atoms with Crippen molar-refractivity contribution in [3.8, 4) is 11.6 Å². The van der Waals surface area contributed by atoms with Crippen LogP contribution >= 0.6 is 23.2 Å². The Morgan fingerprint density at radius 3 is 2.71 bits per heavy atom. The van der Waals surface area contributed by atoms with Crippen LogP contribution in [0, 0.1) is 6.92 Å². The fraction of sp³-hybridized carbons (Fsp3) is 0.364. The summed E-state index contributed by atoms with van der Waals surface area (Å²) in [6, 6.07) is 7.01. The summed E-state index contributed by atoms with van der Waals surface area (Å²) in [6.07, 6.45) is 5.34. The third-order valence-corrected chi connectivity index (χ3v) is 6.14. The van der Waals surface area contributed by atoms with Crippen molar-refractivity contribution in [1.82, 2.24) is 15.2 Å². The molecule has 2 atom stereocenters. The monoisotopic (exact) mass is 463 g/mol. The number of carbonyl (C=O) groups is 1. The molecule has 0 aliphatic carbocycles. The number of fused-ring (bicyclic) bond motifs is 2. The lowest BCUT2D eigenvalue weighted by molar-refractivity contribution is 0.0271. The molecule has 164 valence electrons. The second-order valence-electron chi connectivity index (χ2n) is 7.65. The first-order valence-electron chi connectivity index (χ1n) is 9.98. The number of nitrogens with one attached hydrogen (secondary N) is 1. The van der Waals surface area contributed by atoms with Crippen molar-refractivity contribution in [3.05, 3.63) is 63.8 Å². The number of amides is 1. The van der Waals surface area contributed by atoms with E-state index in [-0.39, 0.29) is 19.3 Å². The number of aryl methyl sites for hydroxylation is 1. The van der Waals surface area contributed by atoms with E-state index in [1.165, 1.54) is 4.90 Å². The summed E-state index contributed by atoms with van der Waals surface area (Å²) in [5, 5.41) is 14.1. The predicted octanol–water partition coefficient (Wildman–Crippen LogP) is 4.26. The molecule has 9 heteroatoms. The summed E-state index contributed by atoms with van der Waals surface area (Å²) in [5.74, 6) is 0.858. The van der Waals surface area contributed by atoms with Crippen LogP contribution in [0.3, 0.4) is 0 Å². The molecule has 4 rings (SSSR count). The Morgan fingerprint density at radius 2 is 2.03 bits per heavy atom. The van der Waals surface area contributed by atoms with Crippen LogP contribution in [0.1, 0.15) is 17.5 Å². The highest BCUT2D eigenvalue weighted by Crippen LogP contribution is 2.39. The van der Waals surface area contributed by atoms with Crippen molar-refractivity contribution in [2.24, 2.45) is 0 Å². The molecule has 7 nitrogen and oxygen atoms in total. The van der Waals surface area contributed by atoms with Crippen molar-refractivity contribution in [2.45, 2.75) is 24.9 Å². The number of pyridine rings is 1. The number of piperazine rings is 1. The van der Waals surface area contributed by atoms with Gasteiger partial charge in [0.15, 0.2) is 5.75 Å². The molecule has 2 N–H and O–H groups in total. The fourth-order valence-electron chi connectivity index (χ4n) is 4.20. The quantitative estimate of drug-likeness (QED) is 0.491. The van der Waals surface area contributed by atoms with Gasteiger partial charge in [0.25, 0.3) is 0 Å². The molecule has 2 aliphatic rings. The van der Waals surface area contributed by atoms with Gasteiger partial charge < -0.3 is 19.9 Å². The van der Waals surface area contributed by atoms with Gasteiger partial charge in [-0.3, -0.25) is 4.90 Å². The van der Waals surface area contributed by atoms with Gasteiger partial charge in [0.2, 0.25) is 5.88 Å². The second kappa shape index (κ2) is 8.94. The van der Waals surface area contributed by atoms with E-state index in [1.54, 1.807) is 24.4 Å². The van der Waals surface area contributed by atoms with Crippen LogP contribution in [0.2, 0.25) is 10.0 Å². The molecular weight excluding hydrogens is 441 g/mol. The fourth-order valence-corrected chi connectivity index (χ4v) is 4.91. The molecule has 0 radical (unpaired) electrons. The molecule has 0 spiro atoms. The molecule has 1 aromatic heterocycles. The zero-order chi connectivity index (χ0) is 22.0. The standard InChI is InChI=1S/C22H23Cl2N3O4/c1-14-9-17(23)20(18(24)10-14)31-8-7-30-19-5-4-15(11-26-19)22-6-2-3-16(12-25-13-22)27(22)21(28)29/h2-5,9-11,16,25H,6-8,12-13H2,1H3,(H,28,29). The number of benzene rings is 1. The van der Waals surface area contributed by atoms with E-state index < -0.39 is 11.6 Å². The van der Waals surface area contributed by atoms with Gasteiger partial charge in [-0.2, -0.15) is 0 Å². The molecular formula is C22H23Cl2N3O4. The first kappa shape index (κ1) is 21.7. The van der Waals surface area contributed by atoms with E-state index >= 15 is 0 Å². The number of aromatic nitrogens is 1. The van der Waals surface area contributed by atoms with Crippen LogP contribution in [0.25, 0.3) is 0 Å². The molecule has 31 heavy (non-hydrogen) atoms. The zero-order valence-electron chi connectivity index (χ0n) is 17.0. The molecule has 2 aromatic rings. The molecule has 1 amide bonds. The summed E-state index contributed by atoms with van der Waals surface area (Å²) >= 11 is 12.4. The van der Waals surface area contributed by atoms with Gasteiger partial charge in [-0.05, 0) is 42.7 Å². The Morgan fingerprint density at radius 1 is 1.29 bits per heavy atom. The van der Waals surface area contributed by atoms with Crippen molar-refractivity contribution in [2.75, 3.05) is 26.3 Å². The van der Waals surface area contributed by atoms with E-state index in [4.69, 9.17) is 32.7 Å². The average molecular weight is 464 g/mol. The Balaban J connectivity index is 1.40. The van der Waals surface area contributed by atoms with Gasteiger partial charge >= 0.3 is 6.09 Å². The van der Waals surface area contributed by atoms with Crippen LogP contribution in [-0.2, 0) is 5.54 Å². The minimum absolute atomic E-state index is 0.187. The first-order chi connectivity index (χ1) is 14.9. The molecule has 1 fully saturated rings. The summed E-state index contributed by atoms with van der Waals surface area (Å²) < 4.78 is 11.3. The van der Waals surface area contributed by atoms with Gasteiger partial charge in [0.05, 0.1) is 21.6 Å². The van der Waals surface area contributed by atoms with E-state index in [0.29, 0.717) is 41.2 Å². The number of hydrogen-bond donors (Lipinski definition) is 2. The Hall–Kier alpha value is -2.48. The maximum atomic E-state index is 12.0. The SMILES string of the molecule is Cc1cc(Cl)c(OCCOc2ccc(C34CC=CC(CNC3)N4C(=O)O)cn2)c(Cl)c1. The van der Waals surface area contributed by atoms with Gasteiger partial charge in [0, 0.05) is 25.4 Å². The molecule has 1 saturated heterocycles. The Kier molecular flexibility index (Phi) is 6.27. The number of halogens is 2. The zero-order valence-corrected chi connectivity index (χ0v) is 18.5.